The van der Waals surface area contributed by atoms with Crippen LogP contribution in [-0.2, 0) is 4.74 Å². The van der Waals surface area contributed by atoms with E-state index in [0.717, 1.165) is 49.0 Å². The predicted molar refractivity (Wildman–Crippen MR) is 91.2 cm³/mol. The molecule has 22 heavy (non-hydrogen) atoms. The zero-order valence-electron chi connectivity index (χ0n) is 13.3. The van der Waals surface area contributed by atoms with Gasteiger partial charge in [0.15, 0.2) is 5.82 Å². The van der Waals surface area contributed by atoms with Crippen LogP contribution in [0.2, 0.25) is 0 Å². The van der Waals surface area contributed by atoms with E-state index >= 15 is 0 Å². The summed E-state index contributed by atoms with van der Waals surface area (Å²) < 4.78 is 5.07. The molecule has 1 heterocycles. The Labute approximate surface area is 132 Å². The summed E-state index contributed by atoms with van der Waals surface area (Å²) in [5.41, 5.74) is 1.01. The fourth-order valence-electron chi connectivity index (χ4n) is 2.02. The van der Waals surface area contributed by atoms with Gasteiger partial charge in [-0.1, -0.05) is 43.7 Å². The number of benzene rings is 1. The first-order valence-corrected chi connectivity index (χ1v) is 7.74. The second kappa shape index (κ2) is 9.00. The van der Waals surface area contributed by atoms with E-state index in [-0.39, 0.29) is 0 Å². The number of hydrogen-bond donors (Lipinski definition) is 2. The molecular formula is C17H24N4O. The molecule has 1 aromatic carbocycles. The third kappa shape index (κ3) is 5.00. The first kappa shape index (κ1) is 16.2. The van der Waals surface area contributed by atoms with Crippen molar-refractivity contribution in [2.75, 3.05) is 37.4 Å². The lowest BCUT2D eigenvalue weighted by Gasteiger charge is -2.11. The first-order chi connectivity index (χ1) is 10.8. The highest BCUT2D eigenvalue weighted by molar-refractivity contribution is 5.61. The minimum Gasteiger partial charge on any atom is -0.383 e. The molecule has 0 spiro atoms. The number of methoxy groups -OCH3 is 1. The second-order valence-electron chi connectivity index (χ2n) is 5.03. The number of rotatable bonds is 9. The summed E-state index contributed by atoms with van der Waals surface area (Å²) in [7, 11) is 1.69. The molecule has 0 atom stereocenters. The molecule has 2 N–H and O–H groups in total. The highest BCUT2D eigenvalue weighted by Crippen LogP contribution is 2.20. The lowest BCUT2D eigenvalue weighted by molar-refractivity contribution is 0.210. The van der Waals surface area contributed by atoms with Crippen molar-refractivity contribution >= 4 is 11.6 Å². The number of nitrogens with one attached hydrogen (secondary N) is 2. The summed E-state index contributed by atoms with van der Waals surface area (Å²) in [6, 6.07) is 12.0. The Morgan fingerprint density at radius 2 is 1.68 bits per heavy atom. The van der Waals surface area contributed by atoms with Crippen molar-refractivity contribution in [2.24, 2.45) is 0 Å². The maximum absolute atomic E-state index is 5.07. The number of aromatic nitrogens is 2. The van der Waals surface area contributed by atoms with Crippen molar-refractivity contribution in [1.82, 2.24) is 9.97 Å². The van der Waals surface area contributed by atoms with Crippen molar-refractivity contribution in [2.45, 2.75) is 19.8 Å². The highest BCUT2D eigenvalue weighted by atomic mass is 16.5. The molecule has 2 rings (SSSR count). The maximum atomic E-state index is 5.07. The minimum atomic E-state index is 0.642. The van der Waals surface area contributed by atoms with Gasteiger partial charge in [-0.05, 0) is 6.42 Å². The van der Waals surface area contributed by atoms with Crippen LogP contribution in [0, 0.1) is 0 Å². The summed E-state index contributed by atoms with van der Waals surface area (Å²) >= 11 is 0. The molecule has 0 unspecified atom stereocenters. The van der Waals surface area contributed by atoms with Crippen molar-refractivity contribution in [1.29, 1.82) is 0 Å². The van der Waals surface area contributed by atoms with Gasteiger partial charge in [0.25, 0.3) is 0 Å². The molecule has 1 aromatic heterocycles. The van der Waals surface area contributed by atoms with Crippen LogP contribution < -0.4 is 10.6 Å². The Morgan fingerprint density at radius 1 is 1.00 bits per heavy atom. The van der Waals surface area contributed by atoms with Gasteiger partial charge in [-0.25, -0.2) is 9.97 Å². The van der Waals surface area contributed by atoms with Crippen molar-refractivity contribution in [3.63, 3.8) is 0 Å². The molecule has 118 valence electrons. The Bertz CT molecular complexity index is 532. The smallest absolute Gasteiger partial charge is 0.163 e. The average Bonchev–Trinajstić information content (AvgIpc) is 2.56. The second-order valence-corrected chi connectivity index (χ2v) is 5.03. The molecule has 0 aliphatic carbocycles. The summed E-state index contributed by atoms with van der Waals surface area (Å²) in [6.07, 6.45) is 2.28. The number of anilines is 2. The molecular weight excluding hydrogens is 276 g/mol. The molecule has 0 amide bonds. The summed E-state index contributed by atoms with van der Waals surface area (Å²) in [6.45, 7) is 4.45. The molecule has 0 aliphatic heterocycles. The van der Waals surface area contributed by atoms with Crippen molar-refractivity contribution in [3.8, 4) is 11.4 Å². The molecule has 0 saturated heterocycles. The average molecular weight is 300 g/mol. The monoisotopic (exact) mass is 300 g/mol. The number of ether oxygens (including phenoxy) is 1. The molecule has 5 heteroatoms. The Balaban J connectivity index is 2.19. The lowest BCUT2D eigenvalue weighted by Crippen LogP contribution is -2.11. The fourth-order valence-corrected chi connectivity index (χ4v) is 2.02. The van der Waals surface area contributed by atoms with Gasteiger partial charge in [0.1, 0.15) is 11.6 Å². The number of nitrogens with zero attached hydrogens (tertiary/aromatic N) is 2. The van der Waals surface area contributed by atoms with Crippen LogP contribution in [0.15, 0.2) is 36.4 Å². The topological polar surface area (TPSA) is 59.1 Å². The van der Waals surface area contributed by atoms with Gasteiger partial charge in [-0.2, -0.15) is 0 Å². The predicted octanol–water partition coefficient (Wildman–Crippen LogP) is 3.41. The van der Waals surface area contributed by atoms with Gasteiger partial charge in [0.05, 0.1) is 6.61 Å². The molecule has 0 aliphatic rings. The van der Waals surface area contributed by atoms with E-state index < -0.39 is 0 Å². The quantitative estimate of drug-likeness (QED) is 0.695. The SMILES string of the molecule is CCCCNc1cc(NCCOC)nc(-c2ccccc2)n1. The van der Waals surface area contributed by atoms with E-state index in [2.05, 4.69) is 27.5 Å². The highest BCUT2D eigenvalue weighted by Gasteiger charge is 2.06. The molecule has 2 aromatic rings. The molecule has 0 fully saturated rings. The summed E-state index contributed by atoms with van der Waals surface area (Å²) in [4.78, 5) is 9.20. The van der Waals surface area contributed by atoms with Crippen LogP contribution in [0.4, 0.5) is 11.6 Å². The third-order valence-electron chi connectivity index (χ3n) is 3.21. The van der Waals surface area contributed by atoms with Crippen LogP contribution in [0.3, 0.4) is 0 Å². The van der Waals surface area contributed by atoms with Crippen LogP contribution in [0.1, 0.15) is 19.8 Å². The van der Waals surface area contributed by atoms with Crippen LogP contribution in [-0.4, -0.2) is 36.8 Å². The van der Waals surface area contributed by atoms with Gasteiger partial charge in [-0.15, -0.1) is 0 Å². The standard InChI is InChI=1S/C17H24N4O/c1-3-4-10-18-15-13-16(19-11-12-22-2)21-17(20-15)14-8-6-5-7-9-14/h5-9,13H,3-4,10-12H2,1-2H3,(H2,18,19,20,21). The molecule has 5 nitrogen and oxygen atoms in total. The third-order valence-corrected chi connectivity index (χ3v) is 3.21. The molecule has 0 bridgehead atoms. The molecule has 0 saturated carbocycles. The Kier molecular flexibility index (Phi) is 6.64. The minimum absolute atomic E-state index is 0.642. The first-order valence-electron chi connectivity index (χ1n) is 7.74. The summed E-state index contributed by atoms with van der Waals surface area (Å²) in [5.74, 6) is 2.38. The van der Waals surface area contributed by atoms with Crippen LogP contribution in [0.25, 0.3) is 11.4 Å². The van der Waals surface area contributed by atoms with E-state index in [1.165, 1.54) is 0 Å². The van der Waals surface area contributed by atoms with Gasteiger partial charge < -0.3 is 15.4 Å². The fraction of sp³-hybridized carbons (Fsp3) is 0.412. The normalized spacial score (nSPS) is 10.5. The Morgan fingerprint density at radius 3 is 2.32 bits per heavy atom. The largest absolute Gasteiger partial charge is 0.383 e. The van der Waals surface area contributed by atoms with E-state index in [9.17, 15) is 0 Å². The zero-order valence-corrected chi connectivity index (χ0v) is 13.3. The maximum Gasteiger partial charge on any atom is 0.163 e. The van der Waals surface area contributed by atoms with E-state index in [1.807, 2.05) is 36.4 Å². The zero-order chi connectivity index (χ0) is 15.6. The van der Waals surface area contributed by atoms with Gasteiger partial charge >= 0.3 is 0 Å². The van der Waals surface area contributed by atoms with Crippen LogP contribution >= 0.6 is 0 Å². The van der Waals surface area contributed by atoms with Crippen molar-refractivity contribution < 1.29 is 4.74 Å². The van der Waals surface area contributed by atoms with E-state index in [0.29, 0.717) is 6.61 Å². The van der Waals surface area contributed by atoms with Crippen LogP contribution in [0.5, 0.6) is 0 Å². The Hall–Kier alpha value is -2.14. The lowest BCUT2D eigenvalue weighted by atomic mass is 10.2. The summed E-state index contributed by atoms with van der Waals surface area (Å²) in [5, 5.41) is 6.63. The van der Waals surface area contributed by atoms with Gasteiger partial charge in [0, 0.05) is 31.8 Å². The number of hydrogen-bond acceptors (Lipinski definition) is 5. The van der Waals surface area contributed by atoms with E-state index in [1.54, 1.807) is 7.11 Å². The van der Waals surface area contributed by atoms with E-state index in [4.69, 9.17) is 4.74 Å². The molecule has 0 radical (unpaired) electrons. The van der Waals surface area contributed by atoms with Gasteiger partial charge in [0.2, 0.25) is 0 Å². The van der Waals surface area contributed by atoms with Crippen molar-refractivity contribution in [3.05, 3.63) is 36.4 Å². The number of unbranched alkanes of at least 4 members (excludes halogenated alkanes) is 1. The van der Waals surface area contributed by atoms with Gasteiger partial charge in [-0.3, -0.25) is 0 Å².